The molecule has 3 aliphatic rings. The highest BCUT2D eigenvalue weighted by atomic mass is 16.2. The Kier molecular flexibility index (Phi) is 6.03. The van der Waals surface area contributed by atoms with E-state index in [1.54, 1.807) is 0 Å². The summed E-state index contributed by atoms with van der Waals surface area (Å²) in [5.41, 5.74) is 0. The van der Waals surface area contributed by atoms with Crippen molar-refractivity contribution in [1.82, 2.24) is 9.80 Å². The molecule has 0 spiro atoms. The number of hydrogen-bond acceptors (Lipinski definition) is 3. The largest absolute Gasteiger partial charge is 0.342 e. The van der Waals surface area contributed by atoms with Crippen LogP contribution in [0.5, 0.6) is 0 Å². The molecule has 0 bridgehead atoms. The van der Waals surface area contributed by atoms with Crippen molar-refractivity contribution in [2.75, 3.05) is 19.6 Å². The van der Waals surface area contributed by atoms with E-state index in [1.807, 2.05) is 13.8 Å². The van der Waals surface area contributed by atoms with Gasteiger partial charge in [0.15, 0.2) is 0 Å². The average Bonchev–Trinajstić information content (AvgIpc) is 3.22. The summed E-state index contributed by atoms with van der Waals surface area (Å²) in [5, 5.41) is 0. The lowest BCUT2D eigenvalue weighted by atomic mass is 9.81. The topological polar surface area (TPSA) is 57.7 Å². The lowest BCUT2D eigenvalue weighted by Crippen LogP contribution is -2.39. The lowest BCUT2D eigenvalue weighted by Gasteiger charge is -2.32. The van der Waals surface area contributed by atoms with Crippen molar-refractivity contribution in [2.24, 2.45) is 29.6 Å². The van der Waals surface area contributed by atoms with Crippen molar-refractivity contribution in [3.63, 3.8) is 0 Å². The second-order valence-electron chi connectivity index (χ2n) is 8.96. The molecule has 146 valence electrons. The molecule has 3 rings (SSSR count). The van der Waals surface area contributed by atoms with Crippen molar-refractivity contribution in [2.45, 2.75) is 65.7 Å². The van der Waals surface area contributed by atoms with Crippen LogP contribution < -0.4 is 0 Å². The Labute approximate surface area is 157 Å². The summed E-state index contributed by atoms with van der Waals surface area (Å²) in [5.74, 6) is 1.62. The molecule has 5 nitrogen and oxygen atoms in total. The molecular weight excluding hydrogens is 328 g/mol. The molecule has 2 heterocycles. The molecular formula is C21H34N2O3. The second-order valence-corrected chi connectivity index (χ2v) is 8.96. The number of likely N-dealkylation sites (tertiary alicyclic amines) is 2. The molecule has 0 aromatic heterocycles. The van der Waals surface area contributed by atoms with E-state index in [0.29, 0.717) is 30.7 Å². The zero-order valence-corrected chi connectivity index (χ0v) is 16.6. The molecule has 2 atom stereocenters. The van der Waals surface area contributed by atoms with Crippen molar-refractivity contribution in [3.8, 4) is 0 Å². The predicted molar refractivity (Wildman–Crippen MR) is 100 cm³/mol. The molecule has 2 aliphatic heterocycles. The summed E-state index contributed by atoms with van der Waals surface area (Å²) in [6.45, 7) is 8.64. The first-order valence-electron chi connectivity index (χ1n) is 10.5. The molecule has 26 heavy (non-hydrogen) atoms. The normalized spacial score (nSPS) is 32.8. The van der Waals surface area contributed by atoms with Crippen molar-refractivity contribution < 1.29 is 14.4 Å². The van der Waals surface area contributed by atoms with Crippen LogP contribution in [0.2, 0.25) is 0 Å². The summed E-state index contributed by atoms with van der Waals surface area (Å²) in [6, 6.07) is 0. The van der Waals surface area contributed by atoms with E-state index in [9.17, 15) is 14.4 Å². The fourth-order valence-corrected chi connectivity index (χ4v) is 4.90. The average molecular weight is 363 g/mol. The third-order valence-corrected chi connectivity index (χ3v) is 6.90. The number of rotatable bonds is 5. The Morgan fingerprint density at radius 3 is 2.31 bits per heavy atom. The quantitative estimate of drug-likeness (QED) is 0.706. The summed E-state index contributed by atoms with van der Waals surface area (Å²) in [7, 11) is 0. The molecule has 1 aliphatic carbocycles. The van der Waals surface area contributed by atoms with Crippen LogP contribution in [0.4, 0.5) is 0 Å². The van der Waals surface area contributed by atoms with Gasteiger partial charge in [-0.3, -0.25) is 19.3 Å². The fraction of sp³-hybridized carbons (Fsp3) is 0.857. The summed E-state index contributed by atoms with van der Waals surface area (Å²) in [4.78, 5) is 41.0. The number of nitrogens with zero attached hydrogens (tertiary/aromatic N) is 2. The standard InChI is InChI=1S/C21H34N2O3/c1-4-15-9-10-22(12-15)20(25)17-7-5-16(6-8-17)13-23-19(24)11-18(14(2)3)21(23)26/h14-18H,4-13H2,1-3H3. The van der Waals surface area contributed by atoms with Crippen LogP contribution in [0.1, 0.15) is 65.7 Å². The lowest BCUT2D eigenvalue weighted by molar-refractivity contribution is -0.141. The minimum absolute atomic E-state index is 0.00502. The number of imide groups is 1. The molecule has 0 aromatic rings. The first kappa shape index (κ1) is 19.4. The van der Waals surface area contributed by atoms with Gasteiger partial charge in [-0.1, -0.05) is 27.2 Å². The highest BCUT2D eigenvalue weighted by Gasteiger charge is 2.41. The monoisotopic (exact) mass is 362 g/mol. The van der Waals surface area contributed by atoms with Crippen LogP contribution in [-0.2, 0) is 14.4 Å². The van der Waals surface area contributed by atoms with E-state index in [0.717, 1.165) is 51.6 Å². The highest BCUT2D eigenvalue weighted by molar-refractivity contribution is 6.03. The van der Waals surface area contributed by atoms with Crippen molar-refractivity contribution in [3.05, 3.63) is 0 Å². The van der Waals surface area contributed by atoms with Crippen LogP contribution in [-0.4, -0.2) is 47.2 Å². The van der Waals surface area contributed by atoms with Gasteiger partial charge in [0.2, 0.25) is 17.7 Å². The molecule has 0 radical (unpaired) electrons. The number of carbonyl (C=O) groups is 3. The van der Waals surface area contributed by atoms with Crippen LogP contribution in [0.3, 0.4) is 0 Å². The molecule has 3 fully saturated rings. The van der Waals surface area contributed by atoms with Crippen LogP contribution >= 0.6 is 0 Å². The first-order chi connectivity index (χ1) is 12.4. The van der Waals surface area contributed by atoms with Crippen molar-refractivity contribution >= 4 is 17.7 Å². The minimum atomic E-state index is -0.137. The van der Waals surface area contributed by atoms with Gasteiger partial charge >= 0.3 is 0 Å². The summed E-state index contributed by atoms with van der Waals surface area (Å²) >= 11 is 0. The molecule has 0 aromatic carbocycles. The minimum Gasteiger partial charge on any atom is -0.342 e. The molecule has 2 unspecified atom stereocenters. The third-order valence-electron chi connectivity index (χ3n) is 6.90. The van der Waals surface area contributed by atoms with Crippen molar-refractivity contribution in [1.29, 1.82) is 0 Å². The van der Waals surface area contributed by atoms with E-state index in [4.69, 9.17) is 0 Å². The highest BCUT2D eigenvalue weighted by Crippen LogP contribution is 2.34. The van der Waals surface area contributed by atoms with Gasteiger partial charge in [0.25, 0.3) is 0 Å². The Bertz CT molecular complexity index is 551. The molecule has 1 saturated carbocycles. The summed E-state index contributed by atoms with van der Waals surface area (Å²) < 4.78 is 0. The number of hydrogen-bond donors (Lipinski definition) is 0. The van der Waals surface area contributed by atoms with Crippen LogP contribution in [0, 0.1) is 29.6 Å². The Morgan fingerprint density at radius 1 is 1.08 bits per heavy atom. The molecule has 0 N–H and O–H groups in total. The van der Waals surface area contributed by atoms with Gasteiger partial charge in [0.1, 0.15) is 0 Å². The predicted octanol–water partition coefficient (Wildman–Crippen LogP) is 3.08. The van der Waals surface area contributed by atoms with E-state index < -0.39 is 0 Å². The van der Waals surface area contributed by atoms with E-state index in [1.165, 1.54) is 4.90 Å². The maximum atomic E-state index is 12.7. The summed E-state index contributed by atoms with van der Waals surface area (Å²) in [6.07, 6.45) is 6.38. The van der Waals surface area contributed by atoms with Gasteiger partial charge in [-0.2, -0.15) is 0 Å². The number of carbonyl (C=O) groups excluding carboxylic acids is 3. The Hall–Kier alpha value is -1.39. The van der Waals surface area contributed by atoms with E-state index in [-0.39, 0.29) is 29.6 Å². The van der Waals surface area contributed by atoms with Gasteiger partial charge in [-0.25, -0.2) is 0 Å². The van der Waals surface area contributed by atoms with Crippen LogP contribution in [0.15, 0.2) is 0 Å². The number of amides is 3. The van der Waals surface area contributed by atoms with E-state index >= 15 is 0 Å². The fourth-order valence-electron chi connectivity index (χ4n) is 4.90. The zero-order valence-electron chi connectivity index (χ0n) is 16.6. The second kappa shape index (κ2) is 8.10. The Balaban J connectivity index is 1.48. The van der Waals surface area contributed by atoms with Gasteiger partial charge in [-0.05, 0) is 49.9 Å². The smallest absolute Gasteiger partial charge is 0.233 e. The zero-order chi connectivity index (χ0) is 18.8. The SMILES string of the molecule is CCC1CCN(C(=O)C2CCC(CN3C(=O)CC(C(C)C)C3=O)CC2)C1. The maximum absolute atomic E-state index is 12.7. The van der Waals surface area contributed by atoms with Gasteiger partial charge in [-0.15, -0.1) is 0 Å². The van der Waals surface area contributed by atoms with Crippen LogP contribution in [0.25, 0.3) is 0 Å². The molecule has 3 amide bonds. The molecule has 5 heteroatoms. The first-order valence-corrected chi connectivity index (χ1v) is 10.5. The maximum Gasteiger partial charge on any atom is 0.233 e. The van der Waals surface area contributed by atoms with Gasteiger partial charge in [0, 0.05) is 37.9 Å². The third kappa shape index (κ3) is 3.96. The van der Waals surface area contributed by atoms with E-state index in [2.05, 4.69) is 11.8 Å². The Morgan fingerprint density at radius 2 is 1.77 bits per heavy atom. The molecule has 2 saturated heterocycles. The van der Waals surface area contributed by atoms with Gasteiger partial charge in [0.05, 0.1) is 0 Å². The van der Waals surface area contributed by atoms with Gasteiger partial charge < -0.3 is 4.90 Å².